The Morgan fingerprint density at radius 2 is 1.55 bits per heavy atom. The zero-order valence-corrected chi connectivity index (χ0v) is 21.0. The zero-order valence-electron chi connectivity index (χ0n) is 21.0. The number of anilines is 2. The van der Waals surface area contributed by atoms with E-state index in [9.17, 15) is 27.6 Å². The quantitative estimate of drug-likeness (QED) is 0.305. The van der Waals surface area contributed by atoms with Crippen LogP contribution in [0.25, 0.3) is 0 Å². The van der Waals surface area contributed by atoms with Crippen molar-refractivity contribution < 1.29 is 42.6 Å². The number of alkyl halides is 3. The van der Waals surface area contributed by atoms with Crippen molar-refractivity contribution >= 4 is 35.1 Å². The lowest BCUT2D eigenvalue weighted by molar-refractivity contribution is -0.192. The Morgan fingerprint density at radius 3 is 2.10 bits per heavy atom. The third-order valence-electron chi connectivity index (χ3n) is 5.36. The summed E-state index contributed by atoms with van der Waals surface area (Å²) < 4.78 is 31.7. The normalized spacial score (nSPS) is 11.4. The van der Waals surface area contributed by atoms with Crippen molar-refractivity contribution in [2.75, 3.05) is 23.3 Å². The van der Waals surface area contributed by atoms with Crippen LogP contribution < -0.4 is 21.7 Å². The molecule has 3 aromatic rings. The van der Waals surface area contributed by atoms with Crippen LogP contribution in [0.3, 0.4) is 0 Å². The highest BCUT2D eigenvalue weighted by Crippen LogP contribution is 2.23. The Kier molecular flexibility index (Phi) is 11.2. The fraction of sp³-hybridized carbons (Fsp3) is 0.185. The molecule has 0 unspecified atom stereocenters. The Balaban J connectivity index is 0.000000247. The maximum atomic E-state index is 12.6. The number of benzene rings is 3. The van der Waals surface area contributed by atoms with Gasteiger partial charge >= 0.3 is 18.1 Å². The molecule has 0 saturated heterocycles. The van der Waals surface area contributed by atoms with E-state index in [4.69, 9.17) is 26.5 Å². The van der Waals surface area contributed by atoms with Crippen LogP contribution in [0.2, 0.25) is 0 Å². The van der Waals surface area contributed by atoms with Crippen molar-refractivity contribution in [1.29, 1.82) is 0 Å². The van der Waals surface area contributed by atoms with E-state index in [1.54, 1.807) is 48.5 Å². The van der Waals surface area contributed by atoms with Gasteiger partial charge in [0.15, 0.2) is 0 Å². The number of hydrogen-bond donors (Lipinski definition) is 5. The van der Waals surface area contributed by atoms with Gasteiger partial charge in [0.2, 0.25) is 5.91 Å². The van der Waals surface area contributed by atoms with Crippen LogP contribution in [0.15, 0.2) is 72.8 Å². The minimum atomic E-state index is -5.08. The van der Waals surface area contributed by atoms with Crippen molar-refractivity contribution in [2.45, 2.75) is 19.1 Å². The fourth-order valence-electron chi connectivity index (χ4n) is 3.45. The molecule has 7 N–H and O–H groups in total. The molecule has 1 aliphatic heterocycles. The summed E-state index contributed by atoms with van der Waals surface area (Å²) in [5.74, 6) is -4.56. The molecule has 0 bridgehead atoms. The van der Waals surface area contributed by atoms with Gasteiger partial charge in [0, 0.05) is 35.6 Å². The minimum Gasteiger partial charge on any atom is -0.480 e. The molecule has 40 heavy (non-hydrogen) atoms. The number of halogens is 3. The Morgan fingerprint density at radius 1 is 0.900 bits per heavy atom. The van der Waals surface area contributed by atoms with Crippen LogP contribution >= 0.6 is 0 Å². The van der Waals surface area contributed by atoms with Crippen LogP contribution in [-0.2, 0) is 22.6 Å². The lowest BCUT2D eigenvalue weighted by atomic mass is 10.1. The Hall–Kier alpha value is -4.91. The average molecular weight is 561 g/mol. The molecule has 13 heteroatoms. The second kappa shape index (κ2) is 14.3. The first-order valence-corrected chi connectivity index (χ1v) is 11.7. The molecule has 1 heterocycles. The predicted octanol–water partition coefficient (Wildman–Crippen LogP) is 3.26. The highest BCUT2D eigenvalue weighted by Gasteiger charge is 2.38. The molecular formula is C27H27F3N4O6. The van der Waals surface area contributed by atoms with E-state index >= 15 is 0 Å². The van der Waals surface area contributed by atoms with Gasteiger partial charge in [-0.2, -0.15) is 13.2 Å². The van der Waals surface area contributed by atoms with E-state index < -0.39 is 24.7 Å². The van der Waals surface area contributed by atoms with E-state index in [0.29, 0.717) is 23.4 Å². The van der Waals surface area contributed by atoms with E-state index in [1.807, 2.05) is 24.3 Å². The van der Waals surface area contributed by atoms with Gasteiger partial charge in [0.1, 0.15) is 6.54 Å². The average Bonchev–Trinajstić information content (AvgIpc) is 3.40. The molecule has 0 saturated carbocycles. The maximum Gasteiger partial charge on any atom is 0.490 e. The summed E-state index contributed by atoms with van der Waals surface area (Å²) in [5, 5.41) is 19.3. The number of fused-ring (bicyclic) bond motifs is 1. The van der Waals surface area contributed by atoms with Crippen LogP contribution in [0, 0.1) is 0 Å². The van der Waals surface area contributed by atoms with Gasteiger partial charge < -0.3 is 27.0 Å². The molecule has 0 aromatic heterocycles. The van der Waals surface area contributed by atoms with Gasteiger partial charge in [-0.15, -0.1) is 0 Å². The second-order valence-electron chi connectivity index (χ2n) is 8.24. The van der Waals surface area contributed by atoms with Crippen LogP contribution in [0.4, 0.5) is 24.5 Å². The molecule has 0 spiro atoms. The number of carboxylic acids is 2. The molecule has 4 rings (SSSR count). The molecular weight excluding hydrogens is 533 g/mol. The van der Waals surface area contributed by atoms with Crippen molar-refractivity contribution in [2.24, 2.45) is 11.5 Å². The highest BCUT2D eigenvalue weighted by atomic mass is 19.4. The topological polar surface area (TPSA) is 176 Å². The van der Waals surface area contributed by atoms with Crippen LogP contribution in [-0.4, -0.2) is 53.2 Å². The number of para-hydroxylation sites is 1. The molecule has 0 radical (unpaired) electrons. The number of carboxylic acid groups (broad SMARTS) is 2. The zero-order chi connectivity index (χ0) is 29.9. The molecule has 2 amide bonds. The van der Waals surface area contributed by atoms with Gasteiger partial charge in [-0.05, 0) is 53.9 Å². The number of aliphatic carboxylic acids is 2. The van der Waals surface area contributed by atoms with Gasteiger partial charge in [0.05, 0.1) is 0 Å². The molecule has 0 fully saturated rings. The van der Waals surface area contributed by atoms with Crippen LogP contribution in [0.5, 0.6) is 0 Å². The summed E-state index contributed by atoms with van der Waals surface area (Å²) in [7, 11) is 0. The lowest BCUT2D eigenvalue weighted by Crippen LogP contribution is -2.35. The highest BCUT2D eigenvalue weighted by molar-refractivity contribution is 6.08. The number of nitrogens with zero attached hydrogens (tertiary/aromatic N) is 1. The second-order valence-corrected chi connectivity index (χ2v) is 8.24. The summed E-state index contributed by atoms with van der Waals surface area (Å²) in [6.45, 7) is 0.888. The van der Waals surface area contributed by atoms with Crippen molar-refractivity contribution in [3.8, 4) is 0 Å². The smallest absolute Gasteiger partial charge is 0.480 e. The largest absolute Gasteiger partial charge is 0.490 e. The first-order valence-electron chi connectivity index (χ1n) is 11.7. The molecule has 212 valence electrons. The summed E-state index contributed by atoms with van der Waals surface area (Å²) in [6, 6.07) is 21.2. The number of carbonyl (C=O) groups is 4. The SMILES string of the molecule is NC(=O)c1ccc2c(c1)NCC2.NCc1cccc(C(=O)N(CC(=O)O)c2ccccc2)c1.O=C(O)C(F)(F)F. The standard InChI is InChI=1S/C16H16N2O3.C9H10N2O.C2HF3O2/c17-10-12-5-4-6-13(9-12)16(21)18(11-15(19)20)14-7-2-1-3-8-14;10-9(12)7-2-1-6-3-4-11-8(6)5-7;3-2(4,5)1(6)7/h1-9H,10-11,17H2,(H,19,20);1-2,5,11H,3-4H2,(H2,10,12);(H,6,7). The van der Waals surface area contributed by atoms with E-state index in [-0.39, 0.29) is 11.8 Å². The summed E-state index contributed by atoms with van der Waals surface area (Å²) in [4.78, 5) is 44.5. The number of carbonyl (C=O) groups excluding carboxylic acids is 2. The number of nitrogens with two attached hydrogens (primary N) is 2. The molecule has 0 aliphatic carbocycles. The van der Waals surface area contributed by atoms with Gasteiger partial charge in [-0.3, -0.25) is 19.3 Å². The van der Waals surface area contributed by atoms with Crippen molar-refractivity contribution in [1.82, 2.24) is 0 Å². The maximum absolute atomic E-state index is 12.6. The van der Waals surface area contributed by atoms with Crippen molar-refractivity contribution in [3.63, 3.8) is 0 Å². The summed E-state index contributed by atoms with van der Waals surface area (Å²) in [6.07, 6.45) is -4.05. The first-order chi connectivity index (χ1) is 18.8. The molecule has 1 aliphatic rings. The van der Waals surface area contributed by atoms with Crippen molar-refractivity contribution in [3.05, 3.63) is 95.1 Å². The number of rotatable bonds is 6. The summed E-state index contributed by atoms with van der Waals surface area (Å²) >= 11 is 0. The third-order valence-corrected chi connectivity index (χ3v) is 5.36. The molecule has 10 nitrogen and oxygen atoms in total. The molecule has 0 atom stereocenters. The molecule has 3 aromatic carbocycles. The fourth-order valence-corrected chi connectivity index (χ4v) is 3.45. The lowest BCUT2D eigenvalue weighted by Gasteiger charge is -2.21. The van der Waals surface area contributed by atoms with Crippen LogP contribution in [0.1, 0.15) is 31.8 Å². The third kappa shape index (κ3) is 9.44. The number of hydrogen-bond acceptors (Lipinski definition) is 6. The van der Waals surface area contributed by atoms with E-state index in [1.165, 1.54) is 10.5 Å². The van der Waals surface area contributed by atoms with Gasteiger partial charge in [-0.25, -0.2) is 4.79 Å². The monoisotopic (exact) mass is 560 g/mol. The summed E-state index contributed by atoms with van der Waals surface area (Å²) in [5.41, 5.74) is 15.4. The van der Waals surface area contributed by atoms with E-state index in [2.05, 4.69) is 5.32 Å². The van der Waals surface area contributed by atoms with Gasteiger partial charge in [0.25, 0.3) is 5.91 Å². The van der Waals surface area contributed by atoms with E-state index in [0.717, 1.165) is 24.2 Å². The Labute approximate surface area is 227 Å². The predicted molar refractivity (Wildman–Crippen MR) is 141 cm³/mol. The first kappa shape index (κ1) is 31.3. The number of amides is 2. The number of nitrogens with one attached hydrogen (secondary N) is 1. The number of primary amides is 1. The Bertz CT molecular complexity index is 1350. The minimum absolute atomic E-state index is 0.325. The van der Waals surface area contributed by atoms with Gasteiger partial charge in [-0.1, -0.05) is 36.4 Å².